The Morgan fingerprint density at radius 1 is 1.28 bits per heavy atom. The average Bonchev–Trinajstić information content (AvgIpc) is 2.26. The van der Waals surface area contributed by atoms with Gasteiger partial charge >= 0.3 is 5.97 Å². The van der Waals surface area contributed by atoms with E-state index < -0.39 is 12.0 Å². The molecule has 0 aliphatic heterocycles. The third-order valence-corrected chi connectivity index (χ3v) is 2.60. The van der Waals surface area contributed by atoms with Gasteiger partial charge in [0, 0.05) is 11.4 Å². The molecule has 0 saturated carbocycles. The molecule has 0 aliphatic carbocycles. The van der Waals surface area contributed by atoms with E-state index >= 15 is 0 Å². The Balaban J connectivity index is 2.80. The molecule has 18 heavy (non-hydrogen) atoms. The van der Waals surface area contributed by atoms with Gasteiger partial charge in [0.05, 0.1) is 0 Å². The summed E-state index contributed by atoms with van der Waals surface area (Å²) in [6.07, 6.45) is 0.303. The van der Waals surface area contributed by atoms with E-state index in [1.165, 1.54) is 0 Å². The van der Waals surface area contributed by atoms with E-state index in [9.17, 15) is 9.59 Å². The quantitative estimate of drug-likeness (QED) is 0.863. The number of carboxylic acid groups (broad SMARTS) is 1. The maximum atomic E-state index is 11.6. The molecule has 0 aromatic heterocycles. The van der Waals surface area contributed by atoms with E-state index in [1.807, 2.05) is 13.8 Å². The Labute approximate surface area is 111 Å². The first-order chi connectivity index (χ1) is 8.40. The van der Waals surface area contributed by atoms with Crippen LogP contribution in [0.1, 0.15) is 31.9 Å². The molecule has 0 bridgehead atoms. The maximum Gasteiger partial charge on any atom is 0.330 e. The van der Waals surface area contributed by atoms with Crippen molar-refractivity contribution in [3.8, 4) is 0 Å². The molecule has 0 saturated heterocycles. The largest absolute Gasteiger partial charge is 0.479 e. The van der Waals surface area contributed by atoms with Crippen molar-refractivity contribution in [2.24, 2.45) is 5.92 Å². The summed E-state index contributed by atoms with van der Waals surface area (Å²) in [5, 5.41) is 12.2. The third kappa shape index (κ3) is 4.37. The van der Waals surface area contributed by atoms with Crippen LogP contribution >= 0.6 is 11.6 Å². The minimum absolute atomic E-state index is 0.185. The SMILES string of the molecule is CC(C)CC(=O)NC(C(=O)O)c1ccc(Cl)cc1. The van der Waals surface area contributed by atoms with E-state index in [4.69, 9.17) is 16.7 Å². The molecule has 1 aromatic rings. The van der Waals surface area contributed by atoms with Gasteiger partial charge in [0.25, 0.3) is 0 Å². The summed E-state index contributed by atoms with van der Waals surface area (Å²) in [7, 11) is 0. The highest BCUT2D eigenvalue weighted by atomic mass is 35.5. The molecule has 1 unspecified atom stereocenters. The highest BCUT2D eigenvalue weighted by Crippen LogP contribution is 2.17. The monoisotopic (exact) mass is 269 g/mol. The topological polar surface area (TPSA) is 66.4 Å². The number of halogens is 1. The molecule has 0 aliphatic rings. The van der Waals surface area contributed by atoms with Crippen molar-refractivity contribution in [3.05, 3.63) is 34.9 Å². The first-order valence-electron chi connectivity index (χ1n) is 5.67. The first-order valence-corrected chi connectivity index (χ1v) is 6.05. The van der Waals surface area contributed by atoms with Gasteiger partial charge in [0.2, 0.25) is 5.91 Å². The average molecular weight is 270 g/mol. The molecule has 1 aromatic carbocycles. The van der Waals surface area contributed by atoms with Gasteiger partial charge in [-0.2, -0.15) is 0 Å². The number of carboxylic acids is 1. The van der Waals surface area contributed by atoms with Crippen molar-refractivity contribution in [1.29, 1.82) is 0 Å². The van der Waals surface area contributed by atoms with Crippen molar-refractivity contribution in [2.75, 3.05) is 0 Å². The fraction of sp³-hybridized carbons (Fsp3) is 0.385. The molecular weight excluding hydrogens is 254 g/mol. The van der Waals surface area contributed by atoms with Gasteiger partial charge in [-0.1, -0.05) is 37.6 Å². The predicted octanol–water partition coefficient (Wildman–Crippen LogP) is 2.63. The summed E-state index contributed by atoms with van der Waals surface area (Å²) < 4.78 is 0. The smallest absolute Gasteiger partial charge is 0.330 e. The fourth-order valence-electron chi connectivity index (χ4n) is 1.53. The Hall–Kier alpha value is -1.55. The van der Waals surface area contributed by atoms with E-state index in [2.05, 4.69) is 5.32 Å². The summed E-state index contributed by atoms with van der Waals surface area (Å²) in [5.74, 6) is -1.17. The van der Waals surface area contributed by atoms with Crippen molar-refractivity contribution in [1.82, 2.24) is 5.32 Å². The molecule has 98 valence electrons. The standard InChI is InChI=1S/C13H16ClNO3/c1-8(2)7-11(16)15-12(13(17)18)9-3-5-10(14)6-4-9/h3-6,8,12H,7H2,1-2H3,(H,15,16)(H,17,18). The summed E-state index contributed by atoms with van der Waals surface area (Å²) >= 11 is 5.74. The Bertz CT molecular complexity index is 428. The Kier molecular flexibility index (Phi) is 5.16. The van der Waals surface area contributed by atoms with Crippen LogP contribution in [0.25, 0.3) is 0 Å². The normalized spacial score (nSPS) is 12.2. The summed E-state index contributed by atoms with van der Waals surface area (Å²) in [4.78, 5) is 22.8. The van der Waals surface area contributed by atoms with Crippen LogP contribution in [-0.4, -0.2) is 17.0 Å². The molecule has 1 rings (SSSR count). The fourth-order valence-corrected chi connectivity index (χ4v) is 1.66. The molecule has 0 heterocycles. The van der Waals surface area contributed by atoms with Crippen LogP contribution in [0.5, 0.6) is 0 Å². The number of carbonyl (C=O) groups excluding carboxylic acids is 1. The highest BCUT2D eigenvalue weighted by Gasteiger charge is 2.22. The van der Waals surface area contributed by atoms with Crippen LogP contribution in [0.2, 0.25) is 5.02 Å². The van der Waals surface area contributed by atoms with Crippen LogP contribution in [0, 0.1) is 5.92 Å². The molecule has 1 amide bonds. The van der Waals surface area contributed by atoms with Gasteiger partial charge in [0.15, 0.2) is 6.04 Å². The van der Waals surface area contributed by atoms with E-state index in [0.29, 0.717) is 17.0 Å². The van der Waals surface area contributed by atoms with Crippen LogP contribution in [0.3, 0.4) is 0 Å². The molecule has 0 fully saturated rings. The number of amides is 1. The van der Waals surface area contributed by atoms with Crippen LogP contribution in [0.4, 0.5) is 0 Å². The third-order valence-electron chi connectivity index (χ3n) is 2.35. The van der Waals surface area contributed by atoms with Gasteiger partial charge in [-0.25, -0.2) is 4.79 Å². The number of benzene rings is 1. The molecule has 2 N–H and O–H groups in total. The van der Waals surface area contributed by atoms with E-state index in [-0.39, 0.29) is 11.8 Å². The number of rotatable bonds is 5. The van der Waals surface area contributed by atoms with Crippen LogP contribution in [-0.2, 0) is 9.59 Å². The zero-order chi connectivity index (χ0) is 13.7. The van der Waals surface area contributed by atoms with Gasteiger partial charge in [-0.15, -0.1) is 0 Å². The maximum absolute atomic E-state index is 11.6. The lowest BCUT2D eigenvalue weighted by Crippen LogP contribution is -2.34. The van der Waals surface area contributed by atoms with Gasteiger partial charge in [-0.3, -0.25) is 4.79 Å². The molecule has 0 spiro atoms. The number of nitrogens with one attached hydrogen (secondary N) is 1. The Morgan fingerprint density at radius 3 is 2.28 bits per heavy atom. The zero-order valence-electron chi connectivity index (χ0n) is 10.3. The van der Waals surface area contributed by atoms with Crippen molar-refractivity contribution < 1.29 is 14.7 Å². The van der Waals surface area contributed by atoms with Crippen molar-refractivity contribution >= 4 is 23.5 Å². The highest BCUT2D eigenvalue weighted by molar-refractivity contribution is 6.30. The number of hydrogen-bond acceptors (Lipinski definition) is 2. The Morgan fingerprint density at radius 2 is 1.83 bits per heavy atom. The molecule has 5 heteroatoms. The lowest BCUT2D eigenvalue weighted by Gasteiger charge is -2.15. The number of hydrogen-bond donors (Lipinski definition) is 2. The van der Waals surface area contributed by atoms with E-state index in [1.54, 1.807) is 24.3 Å². The van der Waals surface area contributed by atoms with Crippen molar-refractivity contribution in [2.45, 2.75) is 26.3 Å². The minimum Gasteiger partial charge on any atom is -0.479 e. The van der Waals surface area contributed by atoms with E-state index in [0.717, 1.165) is 0 Å². The lowest BCUT2D eigenvalue weighted by atomic mass is 10.1. The molecule has 1 atom stereocenters. The second-order valence-electron chi connectivity index (χ2n) is 4.49. The molecule has 0 radical (unpaired) electrons. The summed E-state index contributed by atoms with van der Waals surface area (Å²) in [6.45, 7) is 3.80. The summed E-state index contributed by atoms with van der Waals surface area (Å²) in [5.41, 5.74) is 0.504. The van der Waals surface area contributed by atoms with Crippen molar-refractivity contribution in [3.63, 3.8) is 0 Å². The van der Waals surface area contributed by atoms with Gasteiger partial charge in [0.1, 0.15) is 0 Å². The number of aliphatic carboxylic acids is 1. The zero-order valence-corrected chi connectivity index (χ0v) is 11.1. The summed E-state index contributed by atoms with van der Waals surface area (Å²) in [6, 6.07) is 5.35. The molecular formula is C13H16ClNO3. The number of carbonyl (C=O) groups is 2. The van der Waals surface area contributed by atoms with Gasteiger partial charge in [-0.05, 0) is 23.6 Å². The molecule has 4 nitrogen and oxygen atoms in total. The first kappa shape index (κ1) is 14.5. The van der Waals surface area contributed by atoms with Gasteiger partial charge < -0.3 is 10.4 Å². The predicted molar refractivity (Wildman–Crippen MR) is 69.4 cm³/mol. The minimum atomic E-state index is -1.09. The second kappa shape index (κ2) is 6.40. The van der Waals surface area contributed by atoms with Crippen LogP contribution in [0.15, 0.2) is 24.3 Å². The lowest BCUT2D eigenvalue weighted by molar-refractivity contribution is -0.142. The second-order valence-corrected chi connectivity index (χ2v) is 4.92. The van der Waals surface area contributed by atoms with Crippen LogP contribution < -0.4 is 5.32 Å².